The minimum atomic E-state index is -0.925. The van der Waals surface area contributed by atoms with Crippen LogP contribution in [0.4, 0.5) is 10.5 Å². The average Bonchev–Trinajstić information content (AvgIpc) is 2.14. The number of halogens is 1. The first-order chi connectivity index (χ1) is 7.37. The summed E-state index contributed by atoms with van der Waals surface area (Å²) in [5.41, 5.74) is -0.313. The van der Waals surface area contributed by atoms with Crippen LogP contribution in [-0.4, -0.2) is 23.3 Å². The minimum absolute atomic E-state index is 0.180. The Bertz CT molecular complexity index is 374. The predicted molar refractivity (Wildman–Crippen MR) is 64.8 cm³/mol. The third-order valence-corrected chi connectivity index (χ3v) is 2.00. The molecule has 88 valence electrons. The topological polar surface area (TPSA) is 61.4 Å². The number of amides is 2. The quantitative estimate of drug-likeness (QED) is 0.761. The van der Waals surface area contributed by atoms with Crippen molar-refractivity contribution in [3.63, 3.8) is 0 Å². The van der Waals surface area contributed by atoms with Gasteiger partial charge in [0.15, 0.2) is 0 Å². The molecule has 0 aliphatic heterocycles. The van der Waals surface area contributed by atoms with E-state index in [1.165, 1.54) is 0 Å². The van der Waals surface area contributed by atoms with E-state index in [9.17, 15) is 9.90 Å². The van der Waals surface area contributed by atoms with Crippen molar-refractivity contribution < 1.29 is 9.90 Å². The Hall–Kier alpha value is -1.26. The summed E-state index contributed by atoms with van der Waals surface area (Å²) in [4.78, 5) is 11.4. The van der Waals surface area contributed by atoms with Gasteiger partial charge in [-0.3, -0.25) is 0 Å². The van der Waals surface area contributed by atoms with E-state index in [0.717, 1.165) is 0 Å². The summed E-state index contributed by atoms with van der Waals surface area (Å²) >= 11 is 5.77. The summed E-state index contributed by atoms with van der Waals surface area (Å²) in [5.74, 6) is 0. The SMILES string of the molecule is CC(C)(O)CNC(=O)Nc1cccc(Cl)c1. The molecular formula is C11H15ClN2O2. The van der Waals surface area contributed by atoms with Crippen LogP contribution in [0.1, 0.15) is 13.8 Å². The van der Waals surface area contributed by atoms with Crippen molar-refractivity contribution in [2.24, 2.45) is 0 Å². The summed E-state index contributed by atoms with van der Waals surface area (Å²) in [6.07, 6.45) is 0. The molecule has 2 amide bonds. The first-order valence-corrected chi connectivity index (χ1v) is 5.27. The molecule has 0 fully saturated rings. The molecule has 1 rings (SSSR count). The maximum Gasteiger partial charge on any atom is 0.319 e. The fourth-order valence-corrected chi connectivity index (χ4v) is 1.23. The van der Waals surface area contributed by atoms with E-state index in [4.69, 9.17) is 11.6 Å². The lowest BCUT2D eigenvalue weighted by atomic mass is 10.1. The van der Waals surface area contributed by atoms with Crippen LogP contribution in [0.2, 0.25) is 5.02 Å². The summed E-state index contributed by atoms with van der Waals surface area (Å²) in [7, 11) is 0. The van der Waals surface area contributed by atoms with Crippen LogP contribution in [0.15, 0.2) is 24.3 Å². The van der Waals surface area contributed by atoms with E-state index in [-0.39, 0.29) is 12.6 Å². The zero-order chi connectivity index (χ0) is 12.2. The Kier molecular flexibility index (Phi) is 4.15. The van der Waals surface area contributed by atoms with Crippen molar-refractivity contribution in [2.45, 2.75) is 19.4 Å². The van der Waals surface area contributed by atoms with Gasteiger partial charge in [-0.15, -0.1) is 0 Å². The highest BCUT2D eigenvalue weighted by Crippen LogP contribution is 2.14. The van der Waals surface area contributed by atoms with Gasteiger partial charge >= 0.3 is 6.03 Å². The second-order valence-corrected chi connectivity index (χ2v) is 4.57. The first kappa shape index (κ1) is 12.8. The number of nitrogens with one attached hydrogen (secondary N) is 2. The Morgan fingerprint density at radius 1 is 1.50 bits per heavy atom. The number of carbonyl (C=O) groups is 1. The molecule has 3 N–H and O–H groups in total. The fourth-order valence-electron chi connectivity index (χ4n) is 1.04. The Balaban J connectivity index is 2.46. The Labute approximate surface area is 99.6 Å². The molecule has 1 aromatic rings. The summed E-state index contributed by atoms with van der Waals surface area (Å²) in [6, 6.07) is 6.47. The lowest BCUT2D eigenvalue weighted by molar-refractivity contribution is 0.0826. The predicted octanol–water partition coefficient (Wildman–Crippen LogP) is 2.23. The molecule has 0 aromatic heterocycles. The van der Waals surface area contributed by atoms with Gasteiger partial charge in [0, 0.05) is 17.3 Å². The van der Waals surface area contributed by atoms with Gasteiger partial charge in [-0.25, -0.2) is 4.79 Å². The maximum atomic E-state index is 11.4. The van der Waals surface area contributed by atoms with Gasteiger partial charge in [-0.1, -0.05) is 17.7 Å². The van der Waals surface area contributed by atoms with Gasteiger partial charge in [0.2, 0.25) is 0 Å². The van der Waals surface area contributed by atoms with Crippen molar-refractivity contribution in [1.82, 2.24) is 5.32 Å². The van der Waals surface area contributed by atoms with Crippen molar-refractivity contribution >= 4 is 23.3 Å². The second-order valence-electron chi connectivity index (χ2n) is 4.13. The summed E-state index contributed by atoms with van der Waals surface area (Å²) in [6.45, 7) is 3.42. The zero-order valence-electron chi connectivity index (χ0n) is 9.25. The molecule has 0 heterocycles. The molecule has 0 saturated carbocycles. The van der Waals surface area contributed by atoms with Crippen molar-refractivity contribution in [3.05, 3.63) is 29.3 Å². The van der Waals surface area contributed by atoms with E-state index in [1.54, 1.807) is 38.1 Å². The Morgan fingerprint density at radius 3 is 2.75 bits per heavy atom. The van der Waals surface area contributed by atoms with Gasteiger partial charge in [-0.2, -0.15) is 0 Å². The molecule has 0 saturated heterocycles. The molecule has 0 radical (unpaired) electrons. The zero-order valence-corrected chi connectivity index (χ0v) is 10.0. The molecule has 16 heavy (non-hydrogen) atoms. The van der Waals surface area contributed by atoms with Gasteiger partial charge < -0.3 is 15.7 Å². The maximum absolute atomic E-state index is 11.4. The van der Waals surface area contributed by atoms with Gasteiger partial charge in [0.1, 0.15) is 0 Å². The highest BCUT2D eigenvalue weighted by molar-refractivity contribution is 6.30. The highest BCUT2D eigenvalue weighted by atomic mass is 35.5. The standard InChI is InChI=1S/C11H15ClN2O2/c1-11(2,16)7-13-10(15)14-9-5-3-4-8(12)6-9/h3-6,16H,7H2,1-2H3,(H2,13,14,15). The van der Waals surface area contributed by atoms with Crippen molar-refractivity contribution in [2.75, 3.05) is 11.9 Å². The lowest BCUT2D eigenvalue weighted by Gasteiger charge is -2.17. The average molecular weight is 243 g/mol. The first-order valence-electron chi connectivity index (χ1n) is 4.90. The number of anilines is 1. The van der Waals surface area contributed by atoms with Crippen LogP contribution < -0.4 is 10.6 Å². The molecule has 1 aromatic carbocycles. The van der Waals surface area contributed by atoms with Crippen molar-refractivity contribution in [1.29, 1.82) is 0 Å². The van der Waals surface area contributed by atoms with Crippen LogP contribution in [0, 0.1) is 0 Å². The Morgan fingerprint density at radius 2 is 2.19 bits per heavy atom. The number of benzene rings is 1. The fraction of sp³-hybridized carbons (Fsp3) is 0.364. The van der Waals surface area contributed by atoms with Gasteiger partial charge in [0.25, 0.3) is 0 Å². The number of rotatable bonds is 3. The monoisotopic (exact) mass is 242 g/mol. The molecule has 0 atom stereocenters. The second kappa shape index (κ2) is 5.18. The third kappa shape index (κ3) is 5.00. The van der Waals surface area contributed by atoms with Gasteiger partial charge in [0.05, 0.1) is 5.60 Å². The number of hydrogen-bond acceptors (Lipinski definition) is 2. The van der Waals surface area contributed by atoms with E-state index >= 15 is 0 Å². The number of hydrogen-bond donors (Lipinski definition) is 3. The van der Waals surface area contributed by atoms with E-state index in [0.29, 0.717) is 10.7 Å². The van der Waals surface area contributed by atoms with E-state index in [1.807, 2.05) is 0 Å². The lowest BCUT2D eigenvalue weighted by Crippen LogP contribution is -2.40. The van der Waals surface area contributed by atoms with Crippen LogP contribution in [-0.2, 0) is 0 Å². The van der Waals surface area contributed by atoms with E-state index in [2.05, 4.69) is 10.6 Å². The van der Waals surface area contributed by atoms with Gasteiger partial charge in [-0.05, 0) is 32.0 Å². The normalized spacial score (nSPS) is 11.0. The minimum Gasteiger partial charge on any atom is -0.389 e. The number of carbonyl (C=O) groups excluding carboxylic acids is 1. The van der Waals surface area contributed by atoms with Crippen LogP contribution >= 0.6 is 11.6 Å². The summed E-state index contributed by atoms with van der Waals surface area (Å²) < 4.78 is 0. The smallest absolute Gasteiger partial charge is 0.319 e. The molecule has 0 bridgehead atoms. The van der Waals surface area contributed by atoms with E-state index < -0.39 is 5.60 Å². The van der Waals surface area contributed by atoms with Crippen molar-refractivity contribution in [3.8, 4) is 0 Å². The molecule has 0 aliphatic carbocycles. The highest BCUT2D eigenvalue weighted by Gasteiger charge is 2.13. The van der Waals surface area contributed by atoms with Crippen LogP contribution in [0.5, 0.6) is 0 Å². The largest absolute Gasteiger partial charge is 0.389 e. The molecule has 4 nitrogen and oxygen atoms in total. The van der Waals surface area contributed by atoms with Crippen LogP contribution in [0.25, 0.3) is 0 Å². The number of aliphatic hydroxyl groups is 1. The molecule has 0 aliphatic rings. The molecule has 0 unspecified atom stereocenters. The number of urea groups is 1. The molecular weight excluding hydrogens is 228 g/mol. The summed E-state index contributed by atoms with van der Waals surface area (Å²) in [5, 5.41) is 15.1. The third-order valence-electron chi connectivity index (χ3n) is 1.76. The molecule has 0 spiro atoms. The molecule has 5 heteroatoms. The van der Waals surface area contributed by atoms with Crippen LogP contribution in [0.3, 0.4) is 0 Å².